The average molecular weight is 500 g/mol. The van der Waals surface area contributed by atoms with Gasteiger partial charge in [-0.25, -0.2) is 4.99 Å². The summed E-state index contributed by atoms with van der Waals surface area (Å²) in [5.41, 5.74) is 4.12. The zero-order valence-electron chi connectivity index (χ0n) is 15.3. The summed E-state index contributed by atoms with van der Waals surface area (Å²) < 4.78 is 7.06. The number of furan rings is 1. The van der Waals surface area contributed by atoms with Crippen LogP contribution in [0.1, 0.15) is 16.9 Å². The molecule has 0 spiro atoms. The second-order valence-corrected chi connectivity index (χ2v) is 8.76. The molecule has 1 saturated heterocycles. The van der Waals surface area contributed by atoms with Crippen molar-refractivity contribution in [2.24, 2.45) is 4.99 Å². The topological polar surface area (TPSA) is 54.6 Å². The molecule has 28 heavy (non-hydrogen) atoms. The molecule has 3 aromatic rings. The van der Waals surface area contributed by atoms with Crippen LogP contribution in [-0.4, -0.2) is 11.1 Å². The van der Waals surface area contributed by atoms with Gasteiger partial charge in [0.2, 0.25) is 0 Å². The lowest BCUT2D eigenvalue weighted by molar-refractivity contribution is -0.115. The van der Waals surface area contributed by atoms with Gasteiger partial charge in [-0.15, -0.1) is 0 Å². The van der Waals surface area contributed by atoms with Crippen molar-refractivity contribution < 1.29 is 9.21 Å². The molecule has 2 aromatic carbocycles. The SMILES string of the molecule is Cc1ccc(N=C2NC(=O)/C(=C\c3ccc(-c4ccc(I)cc4)o3)S2)c(C)c1. The van der Waals surface area contributed by atoms with Crippen LogP contribution < -0.4 is 5.32 Å². The minimum atomic E-state index is -0.166. The van der Waals surface area contributed by atoms with E-state index < -0.39 is 0 Å². The van der Waals surface area contributed by atoms with Crippen molar-refractivity contribution in [3.63, 3.8) is 0 Å². The van der Waals surface area contributed by atoms with Gasteiger partial charge in [0.25, 0.3) is 5.91 Å². The van der Waals surface area contributed by atoms with Crippen LogP contribution in [0.25, 0.3) is 17.4 Å². The summed E-state index contributed by atoms with van der Waals surface area (Å²) in [5.74, 6) is 1.25. The zero-order valence-corrected chi connectivity index (χ0v) is 18.3. The number of amides is 1. The van der Waals surface area contributed by atoms with Crippen LogP contribution in [0.4, 0.5) is 5.69 Å². The molecule has 0 saturated carbocycles. The van der Waals surface area contributed by atoms with Crippen LogP contribution >= 0.6 is 34.4 Å². The van der Waals surface area contributed by atoms with Gasteiger partial charge < -0.3 is 9.73 Å². The van der Waals surface area contributed by atoms with Crippen molar-refractivity contribution in [2.75, 3.05) is 0 Å². The standard InChI is InChI=1S/C22H17IN2O2S/c1-13-3-9-18(14(2)11-13)24-22-25-21(26)20(28-22)12-17-8-10-19(27-17)15-4-6-16(23)7-5-15/h3-12H,1-2H3,(H,24,25,26)/b20-12+. The first-order valence-corrected chi connectivity index (χ1v) is 10.6. The molecule has 4 nitrogen and oxygen atoms in total. The van der Waals surface area contributed by atoms with E-state index in [0.29, 0.717) is 15.8 Å². The molecule has 0 unspecified atom stereocenters. The number of aryl methyl sites for hydroxylation is 2. The number of carbonyl (C=O) groups is 1. The predicted octanol–water partition coefficient (Wildman–Crippen LogP) is 6.06. The van der Waals surface area contributed by atoms with Crippen molar-refractivity contribution in [3.05, 3.63) is 80.0 Å². The number of benzene rings is 2. The Morgan fingerprint density at radius 2 is 1.86 bits per heavy atom. The molecular weight excluding hydrogens is 483 g/mol. The Morgan fingerprint density at radius 1 is 1.07 bits per heavy atom. The molecule has 0 radical (unpaired) electrons. The van der Waals surface area contributed by atoms with E-state index in [2.05, 4.69) is 39.0 Å². The average Bonchev–Trinajstić information content (AvgIpc) is 3.25. The van der Waals surface area contributed by atoms with Gasteiger partial charge in [0.05, 0.1) is 10.6 Å². The lowest BCUT2D eigenvalue weighted by atomic mass is 10.1. The van der Waals surface area contributed by atoms with Gasteiger partial charge >= 0.3 is 0 Å². The summed E-state index contributed by atoms with van der Waals surface area (Å²) in [6, 6.07) is 17.9. The van der Waals surface area contributed by atoms with E-state index in [1.54, 1.807) is 6.08 Å². The maximum atomic E-state index is 12.3. The smallest absolute Gasteiger partial charge is 0.264 e. The van der Waals surface area contributed by atoms with Crippen LogP contribution in [0, 0.1) is 17.4 Å². The first-order valence-electron chi connectivity index (χ1n) is 8.70. The fourth-order valence-corrected chi connectivity index (χ4v) is 4.02. The molecule has 4 rings (SSSR count). The highest BCUT2D eigenvalue weighted by Crippen LogP contribution is 2.31. The number of thioether (sulfide) groups is 1. The third-order valence-corrected chi connectivity index (χ3v) is 5.88. The summed E-state index contributed by atoms with van der Waals surface area (Å²) in [6.07, 6.45) is 1.75. The number of halogens is 1. The molecule has 1 N–H and O–H groups in total. The number of amidine groups is 1. The van der Waals surface area contributed by atoms with E-state index in [0.717, 1.165) is 22.6 Å². The van der Waals surface area contributed by atoms with E-state index in [4.69, 9.17) is 4.42 Å². The molecule has 140 valence electrons. The normalized spacial score (nSPS) is 16.8. The van der Waals surface area contributed by atoms with Gasteiger partial charge in [0.1, 0.15) is 11.5 Å². The first-order chi connectivity index (χ1) is 13.5. The number of hydrogen-bond donors (Lipinski definition) is 1. The van der Waals surface area contributed by atoms with Crippen molar-refractivity contribution in [1.29, 1.82) is 0 Å². The van der Waals surface area contributed by atoms with Crippen molar-refractivity contribution >= 4 is 57.2 Å². The summed E-state index contributed by atoms with van der Waals surface area (Å²) in [5, 5.41) is 3.40. The number of aliphatic imine (C=N–C) groups is 1. The maximum Gasteiger partial charge on any atom is 0.264 e. The Labute approximate surface area is 181 Å². The molecule has 1 aliphatic rings. The van der Waals surface area contributed by atoms with E-state index in [1.165, 1.54) is 20.9 Å². The third-order valence-electron chi connectivity index (χ3n) is 4.25. The zero-order chi connectivity index (χ0) is 19.7. The van der Waals surface area contributed by atoms with Gasteiger partial charge in [-0.05, 0) is 84.1 Å². The number of rotatable bonds is 3. The molecular formula is C22H17IN2O2S. The predicted molar refractivity (Wildman–Crippen MR) is 124 cm³/mol. The number of carbonyl (C=O) groups excluding carboxylic acids is 1. The molecule has 0 aliphatic carbocycles. The highest BCUT2D eigenvalue weighted by Gasteiger charge is 2.24. The molecule has 6 heteroatoms. The summed E-state index contributed by atoms with van der Waals surface area (Å²) >= 11 is 3.59. The van der Waals surface area contributed by atoms with Gasteiger partial charge in [0, 0.05) is 15.2 Å². The van der Waals surface area contributed by atoms with Gasteiger partial charge in [-0.1, -0.05) is 29.8 Å². The lowest BCUT2D eigenvalue weighted by Crippen LogP contribution is -2.19. The molecule has 1 aliphatic heterocycles. The quantitative estimate of drug-likeness (QED) is 0.352. The van der Waals surface area contributed by atoms with Crippen LogP contribution in [-0.2, 0) is 4.79 Å². The minimum Gasteiger partial charge on any atom is -0.457 e. The van der Waals surface area contributed by atoms with Crippen LogP contribution in [0.2, 0.25) is 0 Å². The van der Waals surface area contributed by atoms with Crippen LogP contribution in [0.5, 0.6) is 0 Å². The first kappa shape index (κ1) is 19.0. The monoisotopic (exact) mass is 500 g/mol. The molecule has 1 aromatic heterocycles. The maximum absolute atomic E-state index is 12.3. The Hall–Kier alpha value is -2.32. The van der Waals surface area contributed by atoms with Gasteiger partial charge in [-0.3, -0.25) is 4.79 Å². The molecule has 2 heterocycles. The Bertz CT molecular complexity index is 1110. The molecule has 0 bridgehead atoms. The Morgan fingerprint density at radius 3 is 2.61 bits per heavy atom. The molecule has 1 fully saturated rings. The third kappa shape index (κ3) is 4.23. The number of nitrogens with one attached hydrogen (secondary N) is 1. The van der Waals surface area contributed by atoms with Crippen molar-refractivity contribution in [1.82, 2.24) is 5.32 Å². The van der Waals surface area contributed by atoms with Gasteiger partial charge in [0.15, 0.2) is 5.17 Å². The molecule has 0 atom stereocenters. The fourth-order valence-electron chi connectivity index (χ4n) is 2.85. The van der Waals surface area contributed by atoms with E-state index in [9.17, 15) is 4.79 Å². The Kier molecular flexibility index (Phi) is 5.41. The van der Waals surface area contributed by atoms with E-state index >= 15 is 0 Å². The van der Waals surface area contributed by atoms with Gasteiger partial charge in [-0.2, -0.15) is 0 Å². The number of hydrogen-bond acceptors (Lipinski definition) is 4. The summed E-state index contributed by atoms with van der Waals surface area (Å²) in [7, 11) is 0. The highest BCUT2D eigenvalue weighted by atomic mass is 127. The summed E-state index contributed by atoms with van der Waals surface area (Å²) in [4.78, 5) is 17.4. The molecule has 1 amide bonds. The van der Waals surface area contributed by atoms with Crippen LogP contribution in [0.15, 0.2) is 68.9 Å². The second-order valence-electron chi connectivity index (χ2n) is 6.48. The largest absolute Gasteiger partial charge is 0.457 e. The van der Waals surface area contributed by atoms with Crippen LogP contribution in [0.3, 0.4) is 0 Å². The highest BCUT2D eigenvalue weighted by molar-refractivity contribution is 14.1. The van der Waals surface area contributed by atoms with Crippen molar-refractivity contribution in [3.8, 4) is 11.3 Å². The fraction of sp³-hybridized carbons (Fsp3) is 0.0909. The van der Waals surface area contributed by atoms with E-state index in [-0.39, 0.29) is 5.91 Å². The Balaban J connectivity index is 1.55. The van der Waals surface area contributed by atoms with Crippen molar-refractivity contribution in [2.45, 2.75) is 13.8 Å². The number of nitrogens with zero attached hydrogens (tertiary/aromatic N) is 1. The summed E-state index contributed by atoms with van der Waals surface area (Å²) in [6.45, 7) is 4.06. The minimum absolute atomic E-state index is 0.166. The lowest BCUT2D eigenvalue weighted by Gasteiger charge is -2.02. The second kappa shape index (κ2) is 7.97. The van der Waals surface area contributed by atoms with E-state index in [1.807, 2.05) is 62.4 Å².